The number of rotatable bonds is 6. The minimum atomic E-state index is -1.00. The third-order valence-corrected chi connectivity index (χ3v) is 5.10. The lowest BCUT2D eigenvalue weighted by Gasteiger charge is -2.26. The maximum absolute atomic E-state index is 12.5. The van der Waals surface area contributed by atoms with E-state index in [4.69, 9.17) is 5.11 Å². The summed E-state index contributed by atoms with van der Waals surface area (Å²) >= 11 is 2.06. The molecular weight excluding hydrogens is 314 g/mol. The van der Waals surface area contributed by atoms with Gasteiger partial charge < -0.3 is 10.0 Å². The van der Waals surface area contributed by atoms with Crippen molar-refractivity contribution in [2.45, 2.75) is 32.7 Å². The van der Waals surface area contributed by atoms with E-state index < -0.39 is 17.9 Å². The molecule has 0 saturated carbocycles. The first-order valence-electron chi connectivity index (χ1n) is 6.63. The lowest BCUT2D eigenvalue weighted by atomic mass is 10.1. The Labute approximate surface area is 132 Å². The Bertz CT molecular complexity index is 422. The van der Waals surface area contributed by atoms with Gasteiger partial charge in [-0.05, 0) is 12.8 Å². The van der Waals surface area contributed by atoms with Crippen molar-refractivity contribution in [3.05, 3.63) is 0 Å². The van der Waals surface area contributed by atoms with Gasteiger partial charge in [0.2, 0.25) is 5.91 Å². The van der Waals surface area contributed by atoms with Gasteiger partial charge in [-0.15, -0.1) is 0 Å². The van der Waals surface area contributed by atoms with E-state index in [1.54, 1.807) is 0 Å². The van der Waals surface area contributed by atoms with Crippen LogP contribution in [0.15, 0.2) is 0 Å². The van der Waals surface area contributed by atoms with Crippen molar-refractivity contribution in [2.24, 2.45) is 5.92 Å². The van der Waals surface area contributed by atoms with Crippen LogP contribution in [-0.2, 0) is 19.2 Å². The Morgan fingerprint density at radius 2 is 1.67 bits per heavy atom. The molecule has 1 heterocycles. The van der Waals surface area contributed by atoms with E-state index in [1.807, 2.05) is 0 Å². The minimum Gasteiger partial charge on any atom is -0.480 e. The average Bonchev–Trinajstić information content (AvgIpc) is 2.86. The molecule has 0 radical (unpaired) electrons. The Balaban J connectivity index is 2.74. The van der Waals surface area contributed by atoms with Gasteiger partial charge in [-0.1, -0.05) is 23.5 Å². The number of hydrogen-bond acceptors (Lipinski definition) is 6. The number of carbonyl (C=O) groups is 4. The topological polar surface area (TPSA) is 91.8 Å². The van der Waals surface area contributed by atoms with Crippen LogP contribution in [0.5, 0.6) is 0 Å². The molecule has 1 N–H and O–H groups in total. The van der Waals surface area contributed by atoms with Gasteiger partial charge in [-0.25, -0.2) is 4.79 Å². The summed E-state index contributed by atoms with van der Waals surface area (Å²) in [5.41, 5.74) is 0. The highest BCUT2D eigenvalue weighted by Gasteiger charge is 2.37. The van der Waals surface area contributed by atoms with Crippen LogP contribution in [0.4, 0.5) is 0 Å². The highest BCUT2D eigenvalue weighted by Crippen LogP contribution is 2.24. The van der Waals surface area contributed by atoms with Crippen molar-refractivity contribution < 1.29 is 24.3 Å². The second kappa shape index (κ2) is 8.43. The zero-order chi connectivity index (χ0) is 16.0. The van der Waals surface area contributed by atoms with Crippen LogP contribution in [0.3, 0.4) is 0 Å². The molecular formula is C13H19NO5S2. The summed E-state index contributed by atoms with van der Waals surface area (Å²) < 4.78 is 0. The van der Waals surface area contributed by atoms with Crippen molar-refractivity contribution in [1.29, 1.82) is 0 Å². The second-order valence-electron chi connectivity index (χ2n) is 4.83. The SMILES string of the molecule is CC(=O)SCC(CSC(C)=O)C(=O)N1CCC[C@H]1C(=O)O. The summed E-state index contributed by atoms with van der Waals surface area (Å²) in [7, 11) is 0. The van der Waals surface area contributed by atoms with Gasteiger partial charge in [0.25, 0.3) is 0 Å². The van der Waals surface area contributed by atoms with Gasteiger partial charge in [0.1, 0.15) is 6.04 Å². The van der Waals surface area contributed by atoms with Crippen molar-refractivity contribution in [2.75, 3.05) is 18.1 Å². The van der Waals surface area contributed by atoms with E-state index in [-0.39, 0.29) is 27.6 Å². The molecule has 0 unspecified atom stereocenters. The molecule has 6 nitrogen and oxygen atoms in total. The van der Waals surface area contributed by atoms with Gasteiger partial charge in [0, 0.05) is 31.9 Å². The molecule has 1 aliphatic heterocycles. The van der Waals surface area contributed by atoms with Crippen molar-refractivity contribution in [3.63, 3.8) is 0 Å². The fraction of sp³-hybridized carbons (Fsp3) is 0.692. The molecule has 1 saturated heterocycles. The van der Waals surface area contributed by atoms with Gasteiger partial charge >= 0.3 is 5.97 Å². The number of aliphatic carboxylic acids is 1. The highest BCUT2D eigenvalue weighted by atomic mass is 32.2. The van der Waals surface area contributed by atoms with Crippen LogP contribution in [0.25, 0.3) is 0 Å². The number of hydrogen-bond donors (Lipinski definition) is 1. The quantitative estimate of drug-likeness (QED) is 0.782. The van der Waals surface area contributed by atoms with E-state index in [1.165, 1.54) is 18.7 Å². The monoisotopic (exact) mass is 333 g/mol. The second-order valence-corrected chi connectivity index (χ2v) is 7.22. The third-order valence-electron chi connectivity index (χ3n) is 3.15. The van der Waals surface area contributed by atoms with Gasteiger partial charge in [-0.2, -0.15) is 0 Å². The van der Waals surface area contributed by atoms with Crippen molar-refractivity contribution >= 4 is 45.6 Å². The molecule has 1 aliphatic rings. The maximum Gasteiger partial charge on any atom is 0.326 e. The van der Waals surface area contributed by atoms with Gasteiger partial charge in [0.05, 0.1) is 5.92 Å². The molecule has 8 heteroatoms. The summed E-state index contributed by atoms with van der Waals surface area (Å²) in [5, 5.41) is 8.94. The summed E-state index contributed by atoms with van der Waals surface area (Å²) in [6.45, 7) is 3.25. The molecule has 1 rings (SSSR count). The molecule has 1 amide bonds. The zero-order valence-corrected chi connectivity index (χ0v) is 13.7. The predicted molar refractivity (Wildman–Crippen MR) is 82.1 cm³/mol. The van der Waals surface area contributed by atoms with Crippen molar-refractivity contribution in [1.82, 2.24) is 4.90 Å². The number of thioether (sulfide) groups is 2. The lowest BCUT2D eigenvalue weighted by molar-refractivity contribution is -0.149. The minimum absolute atomic E-state index is 0.100. The van der Waals surface area contributed by atoms with Crippen LogP contribution in [-0.4, -0.2) is 56.2 Å². The summed E-state index contributed by atoms with van der Waals surface area (Å²) in [6, 6.07) is -0.787. The predicted octanol–water partition coefficient (Wildman–Crippen LogP) is 1.24. The first kappa shape index (κ1) is 18.0. The summed E-state index contributed by atoms with van der Waals surface area (Å²) in [6.07, 6.45) is 1.11. The first-order valence-corrected chi connectivity index (χ1v) is 8.60. The van der Waals surface area contributed by atoms with Crippen LogP contribution in [0.1, 0.15) is 26.7 Å². The number of likely N-dealkylation sites (tertiary alicyclic amines) is 1. The Kier molecular flexibility index (Phi) is 7.24. The van der Waals surface area contributed by atoms with Gasteiger partial charge in [0.15, 0.2) is 10.2 Å². The smallest absolute Gasteiger partial charge is 0.326 e. The molecule has 0 aromatic heterocycles. The fourth-order valence-corrected chi connectivity index (χ4v) is 3.69. The van der Waals surface area contributed by atoms with E-state index in [9.17, 15) is 19.2 Å². The van der Waals surface area contributed by atoms with E-state index in [0.717, 1.165) is 23.5 Å². The number of nitrogens with zero attached hydrogens (tertiary/aromatic N) is 1. The molecule has 0 aromatic rings. The largest absolute Gasteiger partial charge is 0.480 e. The number of amides is 1. The average molecular weight is 333 g/mol. The molecule has 118 valence electrons. The van der Waals surface area contributed by atoms with Crippen LogP contribution in [0.2, 0.25) is 0 Å². The molecule has 0 bridgehead atoms. The van der Waals surface area contributed by atoms with Crippen LogP contribution >= 0.6 is 23.5 Å². The van der Waals surface area contributed by atoms with Crippen LogP contribution in [0, 0.1) is 5.92 Å². The molecule has 0 aromatic carbocycles. The summed E-state index contributed by atoms with van der Waals surface area (Å²) in [4.78, 5) is 47.2. The number of carboxylic acid groups (broad SMARTS) is 1. The van der Waals surface area contributed by atoms with Crippen molar-refractivity contribution in [3.8, 4) is 0 Å². The molecule has 21 heavy (non-hydrogen) atoms. The summed E-state index contributed by atoms with van der Waals surface area (Å²) in [5.74, 6) is -1.25. The Hall–Kier alpha value is -1.02. The Morgan fingerprint density at radius 3 is 2.10 bits per heavy atom. The van der Waals surface area contributed by atoms with Crippen LogP contribution < -0.4 is 0 Å². The standard InChI is InChI=1S/C13H19NO5S2/c1-8(15)20-6-10(7-21-9(2)16)12(17)14-5-3-4-11(14)13(18)19/h10-11H,3-7H2,1-2H3,(H,18,19)/t11-/m0/s1. The van der Waals surface area contributed by atoms with E-state index in [2.05, 4.69) is 0 Å². The highest BCUT2D eigenvalue weighted by molar-refractivity contribution is 8.14. The normalized spacial score (nSPS) is 18.0. The van der Waals surface area contributed by atoms with Gasteiger partial charge in [-0.3, -0.25) is 14.4 Å². The van der Waals surface area contributed by atoms with E-state index in [0.29, 0.717) is 19.4 Å². The third kappa shape index (κ3) is 5.70. The molecule has 0 aliphatic carbocycles. The zero-order valence-electron chi connectivity index (χ0n) is 12.0. The number of carboxylic acids is 1. The molecule has 0 spiro atoms. The molecule has 1 atom stereocenters. The lowest BCUT2D eigenvalue weighted by Crippen LogP contribution is -2.44. The number of carbonyl (C=O) groups excluding carboxylic acids is 3. The fourth-order valence-electron chi connectivity index (χ4n) is 2.15. The maximum atomic E-state index is 12.5. The first-order chi connectivity index (χ1) is 9.82. The van der Waals surface area contributed by atoms with E-state index >= 15 is 0 Å². The Morgan fingerprint density at radius 1 is 1.14 bits per heavy atom. The molecule has 1 fully saturated rings.